The first kappa shape index (κ1) is 18.1. The number of hydrogen-bond acceptors (Lipinski definition) is 4. The topological polar surface area (TPSA) is 87.7 Å². The predicted molar refractivity (Wildman–Crippen MR) is 90.1 cm³/mol. The number of nitrogens with one attached hydrogen (secondary N) is 2. The Hall–Kier alpha value is -2.28. The van der Waals surface area contributed by atoms with Gasteiger partial charge in [-0.1, -0.05) is 25.4 Å². The number of amides is 4. The first-order valence-corrected chi connectivity index (χ1v) is 7.95. The number of carbonyl (C=O) groups is 3. The second-order valence-corrected chi connectivity index (χ2v) is 6.39. The molecule has 1 heterocycles. The quantitative estimate of drug-likeness (QED) is 0.768. The fourth-order valence-corrected chi connectivity index (χ4v) is 2.64. The Morgan fingerprint density at radius 1 is 1.42 bits per heavy atom. The maximum Gasteiger partial charge on any atom is 0.325 e. The molecule has 4 amide bonds. The van der Waals surface area contributed by atoms with Crippen molar-refractivity contribution in [1.82, 2.24) is 10.2 Å². The summed E-state index contributed by atoms with van der Waals surface area (Å²) in [6.45, 7) is 3.55. The van der Waals surface area contributed by atoms with Crippen LogP contribution in [0.3, 0.4) is 0 Å². The van der Waals surface area contributed by atoms with Crippen LogP contribution in [0.25, 0.3) is 0 Å². The lowest BCUT2D eigenvalue weighted by Gasteiger charge is -2.15. The summed E-state index contributed by atoms with van der Waals surface area (Å²) in [6.07, 6.45) is 0.533. The summed E-state index contributed by atoms with van der Waals surface area (Å²) in [7, 11) is 1.47. The van der Waals surface area contributed by atoms with Gasteiger partial charge in [0.15, 0.2) is 0 Å². The van der Waals surface area contributed by atoms with E-state index in [0.29, 0.717) is 22.9 Å². The molecule has 1 fully saturated rings. The van der Waals surface area contributed by atoms with Gasteiger partial charge in [0.1, 0.15) is 18.3 Å². The Morgan fingerprint density at radius 2 is 2.12 bits per heavy atom. The number of halogens is 1. The number of anilines is 1. The maximum absolute atomic E-state index is 12.2. The third-order valence-electron chi connectivity index (χ3n) is 3.55. The molecule has 7 nitrogen and oxygen atoms in total. The second-order valence-electron chi connectivity index (χ2n) is 5.95. The molecule has 1 aliphatic heterocycles. The number of hydrogen-bond donors (Lipinski definition) is 2. The van der Waals surface area contributed by atoms with Gasteiger partial charge >= 0.3 is 6.03 Å². The maximum atomic E-state index is 12.2. The Kier molecular flexibility index (Phi) is 5.66. The molecule has 1 aromatic carbocycles. The van der Waals surface area contributed by atoms with Crippen LogP contribution in [-0.4, -0.2) is 42.4 Å². The van der Waals surface area contributed by atoms with Crippen LogP contribution in [0.15, 0.2) is 18.2 Å². The third-order valence-corrected chi connectivity index (χ3v) is 3.79. The average Bonchev–Trinajstić information content (AvgIpc) is 2.74. The van der Waals surface area contributed by atoms with E-state index in [1.807, 2.05) is 13.8 Å². The van der Waals surface area contributed by atoms with Gasteiger partial charge in [-0.2, -0.15) is 0 Å². The van der Waals surface area contributed by atoms with Crippen LogP contribution in [0.4, 0.5) is 10.5 Å². The number of methoxy groups -OCH3 is 1. The van der Waals surface area contributed by atoms with E-state index >= 15 is 0 Å². The molecule has 2 rings (SSSR count). The lowest BCUT2D eigenvalue weighted by Crippen LogP contribution is -2.38. The van der Waals surface area contributed by atoms with Crippen LogP contribution < -0.4 is 15.4 Å². The predicted octanol–water partition coefficient (Wildman–Crippen LogP) is 2.25. The standard InChI is InChI=1S/C16H20ClN3O4/c1-9(2)6-12-15(22)20(16(23)19-12)8-14(21)18-11-7-10(17)4-5-13(11)24-3/h4-5,7,9,12H,6,8H2,1-3H3,(H,18,21)(H,19,23). The molecule has 0 spiro atoms. The zero-order chi connectivity index (χ0) is 17.9. The Morgan fingerprint density at radius 3 is 2.75 bits per heavy atom. The van der Waals surface area contributed by atoms with Crippen molar-refractivity contribution >= 4 is 35.1 Å². The smallest absolute Gasteiger partial charge is 0.325 e. The molecule has 24 heavy (non-hydrogen) atoms. The Labute approximate surface area is 145 Å². The van der Waals surface area contributed by atoms with Crippen LogP contribution in [0.5, 0.6) is 5.75 Å². The molecule has 0 aromatic heterocycles. The molecule has 0 bridgehead atoms. The first-order valence-electron chi connectivity index (χ1n) is 7.57. The van der Waals surface area contributed by atoms with E-state index < -0.39 is 18.0 Å². The third kappa shape index (κ3) is 4.17. The molecule has 1 aliphatic rings. The number of rotatable bonds is 6. The Bertz CT molecular complexity index is 663. The van der Waals surface area contributed by atoms with Gasteiger partial charge in [-0.15, -0.1) is 0 Å². The van der Waals surface area contributed by atoms with E-state index in [-0.39, 0.29) is 18.4 Å². The summed E-state index contributed by atoms with van der Waals surface area (Å²) >= 11 is 5.91. The van der Waals surface area contributed by atoms with Gasteiger partial charge in [0, 0.05) is 5.02 Å². The summed E-state index contributed by atoms with van der Waals surface area (Å²) in [5, 5.41) is 5.63. The highest BCUT2D eigenvalue weighted by Crippen LogP contribution is 2.27. The molecule has 8 heteroatoms. The molecule has 130 valence electrons. The normalized spacial score (nSPS) is 17.2. The number of ether oxygens (including phenoxy) is 1. The zero-order valence-corrected chi connectivity index (χ0v) is 14.5. The van der Waals surface area contributed by atoms with Crippen molar-refractivity contribution in [3.8, 4) is 5.75 Å². The van der Waals surface area contributed by atoms with Crippen molar-refractivity contribution < 1.29 is 19.1 Å². The van der Waals surface area contributed by atoms with Crippen LogP contribution in [-0.2, 0) is 9.59 Å². The first-order chi connectivity index (χ1) is 11.3. The molecule has 0 saturated carbocycles. The molecule has 1 atom stereocenters. The fraction of sp³-hybridized carbons (Fsp3) is 0.438. The van der Waals surface area contributed by atoms with Gasteiger partial charge in [-0.3, -0.25) is 14.5 Å². The summed E-state index contributed by atoms with van der Waals surface area (Å²) in [5.41, 5.74) is 0.376. The summed E-state index contributed by atoms with van der Waals surface area (Å²) in [4.78, 5) is 37.2. The van der Waals surface area contributed by atoms with E-state index in [1.165, 1.54) is 13.2 Å². The lowest BCUT2D eigenvalue weighted by molar-refractivity contribution is -0.131. The van der Waals surface area contributed by atoms with Crippen molar-refractivity contribution in [2.45, 2.75) is 26.3 Å². The fourth-order valence-electron chi connectivity index (χ4n) is 2.47. The van der Waals surface area contributed by atoms with E-state index in [1.54, 1.807) is 12.1 Å². The van der Waals surface area contributed by atoms with Crippen molar-refractivity contribution in [2.75, 3.05) is 19.0 Å². The minimum atomic E-state index is -0.578. The molecular weight excluding hydrogens is 334 g/mol. The molecule has 2 N–H and O–H groups in total. The van der Waals surface area contributed by atoms with Gasteiger partial charge in [-0.05, 0) is 30.5 Å². The van der Waals surface area contributed by atoms with Gasteiger partial charge in [0.05, 0.1) is 12.8 Å². The molecular formula is C16H20ClN3O4. The van der Waals surface area contributed by atoms with Gasteiger partial charge in [-0.25, -0.2) is 4.79 Å². The Balaban J connectivity index is 2.03. The molecule has 1 saturated heterocycles. The molecule has 0 radical (unpaired) electrons. The minimum absolute atomic E-state index is 0.253. The zero-order valence-electron chi connectivity index (χ0n) is 13.8. The molecule has 1 aromatic rings. The monoisotopic (exact) mass is 353 g/mol. The summed E-state index contributed by atoms with van der Waals surface area (Å²) < 4.78 is 5.14. The van der Waals surface area contributed by atoms with Crippen LogP contribution in [0, 0.1) is 5.92 Å². The highest BCUT2D eigenvalue weighted by Gasteiger charge is 2.39. The van der Waals surface area contributed by atoms with Crippen molar-refractivity contribution in [2.24, 2.45) is 5.92 Å². The SMILES string of the molecule is COc1ccc(Cl)cc1NC(=O)CN1C(=O)NC(CC(C)C)C1=O. The van der Waals surface area contributed by atoms with Crippen LogP contribution in [0.1, 0.15) is 20.3 Å². The highest BCUT2D eigenvalue weighted by molar-refractivity contribution is 6.31. The number of urea groups is 1. The largest absolute Gasteiger partial charge is 0.495 e. The van der Waals surface area contributed by atoms with Gasteiger partial charge in [0.2, 0.25) is 5.91 Å². The number of benzene rings is 1. The minimum Gasteiger partial charge on any atom is -0.495 e. The van der Waals surface area contributed by atoms with Crippen molar-refractivity contribution in [1.29, 1.82) is 0 Å². The lowest BCUT2D eigenvalue weighted by atomic mass is 10.0. The number of carbonyl (C=O) groups excluding carboxylic acids is 3. The van der Waals surface area contributed by atoms with Crippen LogP contribution >= 0.6 is 11.6 Å². The van der Waals surface area contributed by atoms with E-state index in [0.717, 1.165) is 4.90 Å². The number of nitrogens with zero attached hydrogens (tertiary/aromatic N) is 1. The van der Waals surface area contributed by atoms with Gasteiger partial charge < -0.3 is 15.4 Å². The summed E-state index contributed by atoms with van der Waals surface area (Å²) in [6, 6.07) is 3.64. The van der Waals surface area contributed by atoms with E-state index in [4.69, 9.17) is 16.3 Å². The molecule has 1 unspecified atom stereocenters. The average molecular weight is 354 g/mol. The second kappa shape index (κ2) is 7.53. The number of imide groups is 1. The summed E-state index contributed by atoms with van der Waals surface area (Å²) in [5.74, 6) is -0.211. The van der Waals surface area contributed by atoms with Crippen LogP contribution in [0.2, 0.25) is 5.02 Å². The van der Waals surface area contributed by atoms with E-state index in [9.17, 15) is 14.4 Å². The van der Waals surface area contributed by atoms with Crippen molar-refractivity contribution in [3.05, 3.63) is 23.2 Å². The van der Waals surface area contributed by atoms with Gasteiger partial charge in [0.25, 0.3) is 5.91 Å². The van der Waals surface area contributed by atoms with E-state index in [2.05, 4.69) is 10.6 Å². The molecule has 0 aliphatic carbocycles. The van der Waals surface area contributed by atoms with Crippen molar-refractivity contribution in [3.63, 3.8) is 0 Å². The highest BCUT2D eigenvalue weighted by atomic mass is 35.5.